The molecule has 1 N–H and O–H groups in total. The van der Waals surface area contributed by atoms with Crippen LogP contribution in [0.2, 0.25) is 0 Å². The van der Waals surface area contributed by atoms with Crippen molar-refractivity contribution in [1.29, 1.82) is 0 Å². The Hall–Kier alpha value is -2.86. The van der Waals surface area contributed by atoms with Crippen LogP contribution in [0.5, 0.6) is 11.5 Å². The van der Waals surface area contributed by atoms with Crippen LogP contribution in [-0.4, -0.2) is 24.1 Å². The largest absolute Gasteiger partial charge is 0.486 e. The Kier molecular flexibility index (Phi) is 4.11. The zero-order valence-electron chi connectivity index (χ0n) is 13.6. The SMILES string of the molecule is Cc1nc(NC(=O)c2ccc3c(c2)OCCO3)sc1-c1ccccc1. The Morgan fingerprint density at radius 3 is 2.64 bits per heavy atom. The third-order valence-corrected chi connectivity index (χ3v) is 4.98. The van der Waals surface area contributed by atoms with Crippen molar-refractivity contribution in [2.24, 2.45) is 0 Å². The second-order valence-corrected chi connectivity index (χ2v) is 6.61. The maximum Gasteiger partial charge on any atom is 0.257 e. The Labute approximate surface area is 149 Å². The molecule has 4 rings (SSSR count). The number of nitrogens with zero attached hydrogens (tertiary/aromatic N) is 1. The molecule has 0 radical (unpaired) electrons. The third-order valence-electron chi connectivity index (χ3n) is 3.86. The lowest BCUT2D eigenvalue weighted by Crippen LogP contribution is -2.17. The fourth-order valence-electron chi connectivity index (χ4n) is 2.66. The van der Waals surface area contributed by atoms with E-state index in [-0.39, 0.29) is 5.91 Å². The summed E-state index contributed by atoms with van der Waals surface area (Å²) in [5, 5.41) is 3.45. The fraction of sp³-hybridized carbons (Fsp3) is 0.158. The molecular formula is C19H16N2O3S. The molecule has 0 aliphatic carbocycles. The van der Waals surface area contributed by atoms with Gasteiger partial charge in [0.1, 0.15) is 13.2 Å². The summed E-state index contributed by atoms with van der Waals surface area (Å²) in [6.07, 6.45) is 0. The van der Waals surface area contributed by atoms with Crippen LogP contribution in [-0.2, 0) is 0 Å². The summed E-state index contributed by atoms with van der Waals surface area (Å²) in [7, 11) is 0. The first-order valence-corrected chi connectivity index (χ1v) is 8.76. The lowest BCUT2D eigenvalue weighted by atomic mass is 10.2. The summed E-state index contributed by atoms with van der Waals surface area (Å²) in [6, 6.07) is 15.2. The number of carbonyl (C=O) groups excluding carboxylic acids is 1. The first-order valence-electron chi connectivity index (χ1n) is 7.94. The average Bonchev–Trinajstić information content (AvgIpc) is 3.02. The van der Waals surface area contributed by atoms with E-state index in [0.29, 0.717) is 35.4 Å². The van der Waals surface area contributed by atoms with E-state index < -0.39 is 0 Å². The number of nitrogens with one attached hydrogen (secondary N) is 1. The average molecular weight is 352 g/mol. The molecule has 126 valence electrons. The molecule has 0 atom stereocenters. The van der Waals surface area contributed by atoms with Crippen molar-refractivity contribution in [2.75, 3.05) is 18.5 Å². The lowest BCUT2D eigenvalue weighted by Gasteiger charge is -2.18. The number of thiazole rings is 1. The predicted octanol–water partition coefficient (Wildman–Crippen LogP) is 4.14. The highest BCUT2D eigenvalue weighted by Crippen LogP contribution is 2.34. The fourth-order valence-corrected chi connectivity index (χ4v) is 3.63. The van der Waals surface area contributed by atoms with Gasteiger partial charge in [-0.15, -0.1) is 0 Å². The summed E-state index contributed by atoms with van der Waals surface area (Å²) in [5.41, 5.74) is 2.50. The first-order chi connectivity index (χ1) is 12.2. The maximum atomic E-state index is 12.5. The third kappa shape index (κ3) is 3.21. The van der Waals surface area contributed by atoms with Gasteiger partial charge in [-0.05, 0) is 30.7 Å². The Morgan fingerprint density at radius 2 is 1.84 bits per heavy atom. The second-order valence-electron chi connectivity index (χ2n) is 5.61. The van der Waals surface area contributed by atoms with E-state index in [0.717, 1.165) is 16.1 Å². The predicted molar refractivity (Wildman–Crippen MR) is 97.7 cm³/mol. The molecule has 2 heterocycles. The van der Waals surface area contributed by atoms with E-state index in [1.165, 1.54) is 11.3 Å². The Bertz CT molecular complexity index is 922. The van der Waals surface area contributed by atoms with Crippen LogP contribution in [0.25, 0.3) is 10.4 Å². The number of ether oxygens (including phenoxy) is 2. The van der Waals surface area contributed by atoms with Crippen LogP contribution >= 0.6 is 11.3 Å². The van der Waals surface area contributed by atoms with Crippen molar-refractivity contribution in [2.45, 2.75) is 6.92 Å². The summed E-state index contributed by atoms with van der Waals surface area (Å²) in [5.74, 6) is 1.05. The van der Waals surface area contributed by atoms with Crippen molar-refractivity contribution in [3.63, 3.8) is 0 Å². The van der Waals surface area contributed by atoms with Gasteiger partial charge < -0.3 is 9.47 Å². The molecular weight excluding hydrogens is 336 g/mol. The van der Waals surface area contributed by atoms with E-state index in [1.807, 2.05) is 37.3 Å². The van der Waals surface area contributed by atoms with Gasteiger partial charge in [0.25, 0.3) is 5.91 Å². The molecule has 2 aromatic carbocycles. The van der Waals surface area contributed by atoms with Crippen LogP contribution in [0, 0.1) is 6.92 Å². The van der Waals surface area contributed by atoms with Gasteiger partial charge in [0.2, 0.25) is 0 Å². The topological polar surface area (TPSA) is 60.5 Å². The first kappa shape index (κ1) is 15.7. The molecule has 3 aromatic rings. The Balaban J connectivity index is 1.55. The molecule has 5 nitrogen and oxygen atoms in total. The number of aryl methyl sites for hydroxylation is 1. The highest BCUT2D eigenvalue weighted by Gasteiger charge is 2.17. The molecule has 0 bridgehead atoms. The number of hydrogen-bond donors (Lipinski definition) is 1. The zero-order valence-corrected chi connectivity index (χ0v) is 14.4. The monoisotopic (exact) mass is 352 g/mol. The van der Waals surface area contributed by atoms with Crippen LogP contribution in [0.3, 0.4) is 0 Å². The van der Waals surface area contributed by atoms with E-state index in [1.54, 1.807) is 18.2 Å². The zero-order chi connectivity index (χ0) is 17.2. The van der Waals surface area contributed by atoms with Gasteiger partial charge in [-0.3, -0.25) is 10.1 Å². The van der Waals surface area contributed by atoms with E-state index in [9.17, 15) is 4.79 Å². The molecule has 1 aliphatic heterocycles. The second kappa shape index (κ2) is 6.57. The molecule has 1 aliphatic rings. The molecule has 0 saturated heterocycles. The van der Waals surface area contributed by atoms with E-state index >= 15 is 0 Å². The molecule has 1 aromatic heterocycles. The molecule has 25 heavy (non-hydrogen) atoms. The normalized spacial score (nSPS) is 12.7. The van der Waals surface area contributed by atoms with Crippen molar-refractivity contribution in [1.82, 2.24) is 4.98 Å². The van der Waals surface area contributed by atoms with Crippen molar-refractivity contribution < 1.29 is 14.3 Å². The van der Waals surface area contributed by atoms with Crippen molar-refractivity contribution in [3.05, 3.63) is 59.8 Å². The molecule has 0 saturated carbocycles. The smallest absolute Gasteiger partial charge is 0.257 e. The number of rotatable bonds is 3. The minimum Gasteiger partial charge on any atom is -0.486 e. The number of aromatic nitrogens is 1. The number of benzene rings is 2. The Morgan fingerprint density at radius 1 is 1.08 bits per heavy atom. The highest BCUT2D eigenvalue weighted by molar-refractivity contribution is 7.19. The number of amides is 1. The highest BCUT2D eigenvalue weighted by atomic mass is 32.1. The van der Waals surface area contributed by atoms with Gasteiger partial charge >= 0.3 is 0 Å². The van der Waals surface area contributed by atoms with Gasteiger partial charge in [-0.1, -0.05) is 41.7 Å². The molecule has 1 amide bonds. The van der Waals surface area contributed by atoms with E-state index in [2.05, 4.69) is 10.3 Å². The van der Waals surface area contributed by atoms with Gasteiger partial charge in [0, 0.05) is 5.56 Å². The number of fused-ring (bicyclic) bond motifs is 1. The number of carbonyl (C=O) groups is 1. The number of hydrogen-bond acceptors (Lipinski definition) is 5. The molecule has 0 unspecified atom stereocenters. The van der Waals surface area contributed by atoms with Gasteiger partial charge in [-0.25, -0.2) is 4.98 Å². The summed E-state index contributed by atoms with van der Waals surface area (Å²) >= 11 is 1.47. The minimum atomic E-state index is -0.217. The van der Waals surface area contributed by atoms with Gasteiger partial charge in [0.05, 0.1) is 10.6 Å². The molecule has 0 fully saturated rings. The minimum absolute atomic E-state index is 0.217. The van der Waals surface area contributed by atoms with Gasteiger partial charge in [0.15, 0.2) is 16.6 Å². The van der Waals surface area contributed by atoms with Crippen molar-refractivity contribution >= 4 is 22.4 Å². The van der Waals surface area contributed by atoms with Crippen LogP contribution in [0.15, 0.2) is 48.5 Å². The summed E-state index contributed by atoms with van der Waals surface area (Å²) < 4.78 is 11.0. The van der Waals surface area contributed by atoms with E-state index in [4.69, 9.17) is 9.47 Å². The van der Waals surface area contributed by atoms with Crippen LogP contribution in [0.4, 0.5) is 5.13 Å². The summed E-state index contributed by atoms with van der Waals surface area (Å²) in [4.78, 5) is 18.0. The lowest BCUT2D eigenvalue weighted by molar-refractivity contribution is 0.102. The quantitative estimate of drug-likeness (QED) is 0.769. The summed E-state index contributed by atoms with van der Waals surface area (Å²) in [6.45, 7) is 2.96. The molecule has 6 heteroatoms. The van der Waals surface area contributed by atoms with Crippen LogP contribution in [0.1, 0.15) is 16.1 Å². The van der Waals surface area contributed by atoms with Crippen LogP contribution < -0.4 is 14.8 Å². The van der Waals surface area contributed by atoms with Gasteiger partial charge in [-0.2, -0.15) is 0 Å². The maximum absolute atomic E-state index is 12.5. The van der Waals surface area contributed by atoms with Crippen molar-refractivity contribution in [3.8, 4) is 21.9 Å². The standard InChI is InChI=1S/C19H16N2O3S/c1-12-17(13-5-3-2-4-6-13)25-19(20-12)21-18(22)14-7-8-15-16(11-14)24-10-9-23-15/h2-8,11H,9-10H2,1H3,(H,20,21,22). The number of anilines is 1. The molecule has 0 spiro atoms.